The standard InChI is InChI=1S/C17H20F4O3/c1-16(2)13(17(16,3)4)15(22)24-14(21)8-6-10(18)9(7-23-5)12(20)11(8)19/h6,13-14H,7H2,1-5H3. The lowest BCUT2D eigenvalue weighted by atomic mass is 10.0. The van der Waals surface area contributed by atoms with E-state index in [9.17, 15) is 22.4 Å². The van der Waals surface area contributed by atoms with E-state index in [0.29, 0.717) is 6.07 Å². The van der Waals surface area contributed by atoms with Crippen LogP contribution in [0.15, 0.2) is 6.07 Å². The number of carbonyl (C=O) groups excluding carboxylic acids is 1. The summed E-state index contributed by atoms with van der Waals surface area (Å²) < 4.78 is 64.9. The predicted octanol–water partition coefficient (Wildman–Crippen LogP) is 4.44. The third-order valence-corrected chi connectivity index (χ3v) is 5.29. The molecular weight excluding hydrogens is 328 g/mol. The summed E-state index contributed by atoms with van der Waals surface area (Å²) >= 11 is 0. The normalized spacial score (nSPS) is 19.9. The molecule has 1 atom stereocenters. The van der Waals surface area contributed by atoms with Gasteiger partial charge in [0.1, 0.15) is 5.82 Å². The maximum atomic E-state index is 14.2. The summed E-state index contributed by atoms with van der Waals surface area (Å²) in [6, 6.07) is 0.480. The smallest absolute Gasteiger partial charge is 0.312 e. The molecule has 1 saturated carbocycles. The van der Waals surface area contributed by atoms with E-state index in [1.807, 2.05) is 27.7 Å². The molecular formula is C17H20F4O3. The number of esters is 1. The molecule has 0 radical (unpaired) electrons. The van der Waals surface area contributed by atoms with Crippen molar-refractivity contribution in [2.45, 2.75) is 40.7 Å². The highest BCUT2D eigenvalue weighted by molar-refractivity contribution is 5.79. The molecule has 2 rings (SSSR count). The fraction of sp³-hybridized carbons (Fsp3) is 0.588. The lowest BCUT2D eigenvalue weighted by Gasteiger charge is -2.14. The number of alkyl halides is 1. The summed E-state index contributed by atoms with van der Waals surface area (Å²) in [6.07, 6.45) is -2.59. The second-order valence-electron chi connectivity index (χ2n) is 7.12. The zero-order chi connectivity index (χ0) is 18.4. The Hall–Kier alpha value is -1.63. The van der Waals surface area contributed by atoms with Crippen LogP contribution in [-0.2, 0) is 20.9 Å². The first-order chi connectivity index (χ1) is 11.0. The number of benzene rings is 1. The molecule has 1 aliphatic rings. The first kappa shape index (κ1) is 18.7. The molecule has 0 heterocycles. The second-order valence-corrected chi connectivity index (χ2v) is 7.12. The average molecular weight is 348 g/mol. The van der Waals surface area contributed by atoms with Gasteiger partial charge in [0.15, 0.2) is 11.6 Å². The number of ether oxygens (including phenoxy) is 2. The van der Waals surface area contributed by atoms with Gasteiger partial charge in [0.25, 0.3) is 6.36 Å². The van der Waals surface area contributed by atoms with Gasteiger partial charge in [0, 0.05) is 7.11 Å². The molecule has 1 aromatic carbocycles. The van der Waals surface area contributed by atoms with E-state index < -0.39 is 64.3 Å². The average Bonchev–Trinajstić information content (AvgIpc) is 2.88. The van der Waals surface area contributed by atoms with Gasteiger partial charge in [-0.2, -0.15) is 4.39 Å². The van der Waals surface area contributed by atoms with E-state index in [4.69, 9.17) is 0 Å². The summed E-state index contributed by atoms with van der Waals surface area (Å²) in [5.74, 6) is -5.76. The Balaban J connectivity index is 2.22. The van der Waals surface area contributed by atoms with Gasteiger partial charge in [-0.25, -0.2) is 13.2 Å². The number of halogens is 4. The van der Waals surface area contributed by atoms with Crippen molar-refractivity contribution in [2.24, 2.45) is 16.7 Å². The van der Waals surface area contributed by atoms with Crippen LogP contribution in [-0.4, -0.2) is 13.1 Å². The van der Waals surface area contributed by atoms with Crippen molar-refractivity contribution in [2.75, 3.05) is 7.11 Å². The monoisotopic (exact) mass is 348 g/mol. The minimum absolute atomic E-state index is 0.402. The van der Waals surface area contributed by atoms with Crippen molar-refractivity contribution in [1.29, 1.82) is 0 Å². The highest BCUT2D eigenvalue weighted by atomic mass is 19.2. The van der Waals surface area contributed by atoms with Gasteiger partial charge in [0.05, 0.1) is 23.7 Å². The van der Waals surface area contributed by atoms with Gasteiger partial charge in [-0.15, -0.1) is 0 Å². The van der Waals surface area contributed by atoms with Crippen LogP contribution >= 0.6 is 0 Å². The molecule has 7 heteroatoms. The van der Waals surface area contributed by atoms with E-state index in [-0.39, 0.29) is 0 Å². The zero-order valence-electron chi connectivity index (χ0n) is 14.2. The minimum Gasteiger partial charge on any atom is -0.426 e. The molecule has 1 aliphatic carbocycles. The van der Waals surface area contributed by atoms with E-state index in [1.54, 1.807) is 0 Å². The molecule has 1 aromatic rings. The second kappa shape index (κ2) is 6.02. The van der Waals surface area contributed by atoms with E-state index in [1.165, 1.54) is 7.11 Å². The first-order valence-electron chi connectivity index (χ1n) is 7.46. The Bertz CT molecular complexity index is 656. The maximum Gasteiger partial charge on any atom is 0.312 e. The summed E-state index contributed by atoms with van der Waals surface area (Å²) in [7, 11) is 1.18. The van der Waals surface area contributed by atoms with Gasteiger partial charge >= 0.3 is 5.97 Å². The topological polar surface area (TPSA) is 35.5 Å². The van der Waals surface area contributed by atoms with Crippen LogP contribution in [0.1, 0.15) is 45.2 Å². The van der Waals surface area contributed by atoms with Crippen molar-refractivity contribution < 1.29 is 31.8 Å². The Labute approximate surface area is 137 Å². The molecule has 1 fully saturated rings. The minimum atomic E-state index is -2.59. The number of hydrogen-bond acceptors (Lipinski definition) is 3. The van der Waals surface area contributed by atoms with Crippen LogP contribution in [0.5, 0.6) is 0 Å². The van der Waals surface area contributed by atoms with E-state index in [0.717, 1.165) is 0 Å². The fourth-order valence-corrected chi connectivity index (χ4v) is 3.11. The third kappa shape index (κ3) is 2.79. The van der Waals surface area contributed by atoms with Gasteiger partial charge < -0.3 is 9.47 Å². The van der Waals surface area contributed by atoms with Gasteiger partial charge in [-0.3, -0.25) is 4.79 Å². The molecule has 3 nitrogen and oxygen atoms in total. The summed E-state index contributed by atoms with van der Waals surface area (Å²) in [4.78, 5) is 12.1. The molecule has 0 amide bonds. The van der Waals surface area contributed by atoms with Crippen LogP contribution < -0.4 is 0 Å². The fourth-order valence-electron chi connectivity index (χ4n) is 3.11. The molecule has 0 spiro atoms. The van der Waals surface area contributed by atoms with Crippen molar-refractivity contribution in [3.8, 4) is 0 Å². The molecule has 0 saturated heterocycles. The van der Waals surface area contributed by atoms with Crippen LogP contribution in [0, 0.1) is 34.2 Å². The van der Waals surface area contributed by atoms with Crippen molar-refractivity contribution in [1.82, 2.24) is 0 Å². The quantitative estimate of drug-likeness (QED) is 0.448. The van der Waals surface area contributed by atoms with Crippen molar-refractivity contribution >= 4 is 5.97 Å². The Morgan fingerprint density at radius 3 is 2.17 bits per heavy atom. The van der Waals surface area contributed by atoms with Crippen molar-refractivity contribution in [3.05, 3.63) is 34.6 Å². The van der Waals surface area contributed by atoms with Crippen LogP contribution in [0.4, 0.5) is 17.6 Å². The van der Waals surface area contributed by atoms with Crippen molar-refractivity contribution in [3.63, 3.8) is 0 Å². The predicted molar refractivity (Wildman–Crippen MR) is 78.0 cm³/mol. The summed E-state index contributed by atoms with van der Waals surface area (Å²) in [5.41, 5.74) is -2.45. The van der Waals surface area contributed by atoms with E-state index in [2.05, 4.69) is 9.47 Å². The van der Waals surface area contributed by atoms with Gasteiger partial charge in [-0.05, 0) is 16.9 Å². The molecule has 1 unspecified atom stereocenters. The lowest BCUT2D eigenvalue weighted by Crippen LogP contribution is -2.16. The van der Waals surface area contributed by atoms with E-state index >= 15 is 0 Å². The number of methoxy groups -OCH3 is 1. The highest BCUT2D eigenvalue weighted by Crippen LogP contribution is 2.68. The van der Waals surface area contributed by atoms with Crippen LogP contribution in [0.2, 0.25) is 0 Å². The Morgan fingerprint density at radius 2 is 1.71 bits per heavy atom. The Kier molecular flexibility index (Phi) is 4.69. The lowest BCUT2D eigenvalue weighted by molar-refractivity contribution is -0.162. The molecule has 0 bridgehead atoms. The number of carbonyl (C=O) groups is 1. The van der Waals surface area contributed by atoms with Crippen LogP contribution in [0.3, 0.4) is 0 Å². The van der Waals surface area contributed by atoms with Crippen LogP contribution in [0.25, 0.3) is 0 Å². The molecule has 134 valence electrons. The maximum absolute atomic E-state index is 14.2. The molecule has 24 heavy (non-hydrogen) atoms. The van der Waals surface area contributed by atoms with Gasteiger partial charge in [0.2, 0.25) is 0 Å². The summed E-state index contributed by atoms with van der Waals surface area (Å²) in [5, 5.41) is 0. The third-order valence-electron chi connectivity index (χ3n) is 5.29. The SMILES string of the molecule is COCc1c(F)cc(C(F)OC(=O)C2C(C)(C)C2(C)C)c(F)c1F. The van der Waals surface area contributed by atoms with Gasteiger partial charge in [-0.1, -0.05) is 27.7 Å². The molecule has 0 N–H and O–H groups in total. The highest BCUT2D eigenvalue weighted by Gasteiger charge is 2.69. The Morgan fingerprint density at radius 1 is 1.17 bits per heavy atom. The first-order valence-corrected chi connectivity index (χ1v) is 7.46. The zero-order valence-corrected chi connectivity index (χ0v) is 14.2. The largest absolute Gasteiger partial charge is 0.426 e. The number of hydrogen-bond donors (Lipinski definition) is 0. The summed E-state index contributed by atoms with van der Waals surface area (Å²) in [6.45, 7) is 6.80. The molecule has 0 aromatic heterocycles. The molecule has 0 aliphatic heterocycles. The number of rotatable bonds is 5.